The van der Waals surface area contributed by atoms with E-state index in [1.807, 2.05) is 24.3 Å². The monoisotopic (exact) mass is 271 g/mol. The van der Waals surface area contributed by atoms with Crippen molar-refractivity contribution in [3.63, 3.8) is 0 Å². The number of amides is 1. The third kappa shape index (κ3) is 3.00. The van der Waals surface area contributed by atoms with Crippen molar-refractivity contribution < 1.29 is 9.53 Å². The van der Waals surface area contributed by atoms with Gasteiger partial charge >= 0.3 is 0 Å². The number of nitrogens with one attached hydrogen (secondary N) is 2. The van der Waals surface area contributed by atoms with E-state index in [9.17, 15) is 4.79 Å². The molecule has 0 unspecified atom stereocenters. The maximum atomic E-state index is 11.8. The Morgan fingerprint density at radius 2 is 1.85 bits per heavy atom. The molecule has 0 aliphatic heterocycles. The van der Waals surface area contributed by atoms with E-state index in [1.165, 1.54) is 0 Å². The maximum absolute atomic E-state index is 11.8. The summed E-state index contributed by atoms with van der Waals surface area (Å²) in [4.78, 5) is 11.8. The summed E-state index contributed by atoms with van der Waals surface area (Å²) in [6, 6.07) is 12.5. The zero-order chi connectivity index (χ0) is 14.5. The number of nitrogen functional groups attached to an aromatic ring is 1. The minimum absolute atomic E-state index is 0.166. The van der Waals surface area contributed by atoms with Crippen LogP contribution in [0, 0.1) is 0 Å². The van der Waals surface area contributed by atoms with Gasteiger partial charge in [0.2, 0.25) is 0 Å². The Morgan fingerprint density at radius 1 is 1.15 bits per heavy atom. The number of rotatable bonds is 4. The highest BCUT2D eigenvalue weighted by Crippen LogP contribution is 2.25. The largest absolute Gasteiger partial charge is 0.497 e. The molecule has 2 rings (SSSR count). The number of benzene rings is 2. The highest BCUT2D eigenvalue weighted by atomic mass is 16.5. The van der Waals surface area contributed by atoms with Crippen molar-refractivity contribution in [1.29, 1.82) is 0 Å². The number of hydrogen-bond donors (Lipinski definition) is 3. The third-order valence-corrected chi connectivity index (χ3v) is 2.88. The van der Waals surface area contributed by atoms with Gasteiger partial charge in [-0.15, -0.1) is 0 Å². The van der Waals surface area contributed by atoms with Gasteiger partial charge in [0.15, 0.2) is 0 Å². The van der Waals surface area contributed by atoms with Gasteiger partial charge in [0.1, 0.15) is 5.75 Å². The molecule has 0 aliphatic carbocycles. The fourth-order valence-corrected chi connectivity index (χ4v) is 1.83. The smallest absolute Gasteiger partial charge is 0.253 e. The number of ether oxygens (including phenoxy) is 1. The fourth-order valence-electron chi connectivity index (χ4n) is 1.83. The Hall–Kier alpha value is -2.69. The molecular formula is C15H17N3O2. The lowest BCUT2D eigenvalue weighted by Gasteiger charge is -2.12. The molecule has 0 fully saturated rings. The number of nitrogens with two attached hydrogens (primary N) is 1. The molecule has 0 aromatic heterocycles. The van der Waals surface area contributed by atoms with E-state index in [2.05, 4.69) is 10.6 Å². The Bertz CT molecular complexity index is 609. The van der Waals surface area contributed by atoms with Gasteiger partial charge in [0.05, 0.1) is 18.4 Å². The van der Waals surface area contributed by atoms with Crippen molar-refractivity contribution in [2.75, 3.05) is 25.2 Å². The summed E-state index contributed by atoms with van der Waals surface area (Å²) in [6.07, 6.45) is 0. The third-order valence-electron chi connectivity index (χ3n) is 2.88. The maximum Gasteiger partial charge on any atom is 0.253 e. The lowest BCUT2D eigenvalue weighted by molar-refractivity contribution is 0.0964. The molecule has 2 aromatic rings. The molecule has 0 saturated carbocycles. The zero-order valence-corrected chi connectivity index (χ0v) is 11.4. The predicted molar refractivity (Wildman–Crippen MR) is 80.5 cm³/mol. The summed E-state index contributed by atoms with van der Waals surface area (Å²) >= 11 is 0. The minimum Gasteiger partial charge on any atom is -0.497 e. The van der Waals surface area contributed by atoms with Crippen molar-refractivity contribution in [2.24, 2.45) is 0 Å². The average Bonchev–Trinajstić information content (AvgIpc) is 2.47. The first-order valence-corrected chi connectivity index (χ1v) is 6.16. The highest BCUT2D eigenvalue weighted by Gasteiger charge is 2.10. The number of anilines is 3. The zero-order valence-electron chi connectivity index (χ0n) is 11.4. The molecule has 20 heavy (non-hydrogen) atoms. The molecule has 0 saturated heterocycles. The van der Waals surface area contributed by atoms with Gasteiger partial charge in [-0.05, 0) is 42.5 Å². The second-order valence-electron chi connectivity index (χ2n) is 4.24. The lowest BCUT2D eigenvalue weighted by Crippen LogP contribution is -2.19. The second-order valence-corrected chi connectivity index (χ2v) is 4.24. The summed E-state index contributed by atoms with van der Waals surface area (Å²) < 4.78 is 5.11. The summed E-state index contributed by atoms with van der Waals surface area (Å²) in [7, 11) is 3.21. The molecule has 0 radical (unpaired) electrons. The van der Waals surface area contributed by atoms with Gasteiger partial charge in [-0.3, -0.25) is 4.79 Å². The molecule has 0 heterocycles. The standard InChI is InChI=1S/C15H17N3O2/c1-17-15(19)13-8-3-10(16)9-14(13)18-11-4-6-12(20-2)7-5-11/h3-9,18H,16H2,1-2H3,(H,17,19). The van der Waals surface area contributed by atoms with Crippen LogP contribution in [0.25, 0.3) is 0 Å². The van der Waals surface area contributed by atoms with Gasteiger partial charge in [0.25, 0.3) is 5.91 Å². The number of hydrogen-bond acceptors (Lipinski definition) is 4. The Balaban J connectivity index is 2.31. The molecule has 104 valence electrons. The highest BCUT2D eigenvalue weighted by molar-refractivity contribution is 6.00. The Morgan fingerprint density at radius 3 is 2.45 bits per heavy atom. The SMILES string of the molecule is CNC(=O)c1ccc(N)cc1Nc1ccc(OC)cc1. The van der Waals surface area contributed by atoms with Gasteiger partial charge in [0, 0.05) is 18.4 Å². The fraction of sp³-hybridized carbons (Fsp3) is 0.133. The lowest BCUT2D eigenvalue weighted by atomic mass is 10.1. The molecule has 0 bridgehead atoms. The first-order valence-electron chi connectivity index (χ1n) is 6.16. The number of carbonyl (C=O) groups is 1. The van der Waals surface area contributed by atoms with E-state index in [-0.39, 0.29) is 5.91 Å². The molecule has 0 atom stereocenters. The van der Waals surface area contributed by atoms with Gasteiger partial charge in [-0.2, -0.15) is 0 Å². The van der Waals surface area contributed by atoms with Crippen LogP contribution >= 0.6 is 0 Å². The molecule has 5 nitrogen and oxygen atoms in total. The van der Waals surface area contributed by atoms with Crippen LogP contribution < -0.4 is 21.1 Å². The first-order chi connectivity index (χ1) is 9.63. The number of methoxy groups -OCH3 is 1. The van der Waals surface area contributed by atoms with Crippen LogP contribution in [0.1, 0.15) is 10.4 Å². The molecule has 5 heteroatoms. The van der Waals surface area contributed by atoms with E-state index >= 15 is 0 Å². The second kappa shape index (κ2) is 5.97. The van der Waals surface area contributed by atoms with Gasteiger partial charge < -0.3 is 21.1 Å². The molecule has 0 aliphatic rings. The summed E-state index contributed by atoms with van der Waals surface area (Å²) in [6.45, 7) is 0. The normalized spacial score (nSPS) is 9.90. The summed E-state index contributed by atoms with van der Waals surface area (Å²) in [5.41, 5.74) is 8.42. The summed E-state index contributed by atoms with van der Waals surface area (Å²) in [5, 5.41) is 5.79. The van der Waals surface area contributed by atoms with Crippen molar-refractivity contribution in [3.05, 3.63) is 48.0 Å². The Labute approximate surface area is 117 Å². The number of carbonyl (C=O) groups excluding carboxylic acids is 1. The van der Waals surface area contributed by atoms with Crippen LogP contribution in [0.3, 0.4) is 0 Å². The van der Waals surface area contributed by atoms with Crippen LogP contribution in [-0.4, -0.2) is 20.1 Å². The molecule has 4 N–H and O–H groups in total. The van der Waals surface area contributed by atoms with E-state index < -0.39 is 0 Å². The van der Waals surface area contributed by atoms with Crippen LogP contribution in [0.15, 0.2) is 42.5 Å². The van der Waals surface area contributed by atoms with Crippen molar-refractivity contribution in [2.45, 2.75) is 0 Å². The van der Waals surface area contributed by atoms with E-state index in [0.29, 0.717) is 16.9 Å². The molecule has 2 aromatic carbocycles. The van der Waals surface area contributed by atoms with Gasteiger partial charge in [-0.25, -0.2) is 0 Å². The molecule has 0 spiro atoms. The van der Waals surface area contributed by atoms with Crippen LogP contribution in [0.5, 0.6) is 5.75 Å². The minimum atomic E-state index is -0.166. The van der Waals surface area contributed by atoms with Crippen LogP contribution in [0.4, 0.5) is 17.1 Å². The summed E-state index contributed by atoms with van der Waals surface area (Å²) in [5.74, 6) is 0.607. The van der Waals surface area contributed by atoms with Crippen molar-refractivity contribution in [1.82, 2.24) is 5.32 Å². The van der Waals surface area contributed by atoms with E-state index in [0.717, 1.165) is 11.4 Å². The van der Waals surface area contributed by atoms with Crippen molar-refractivity contribution in [3.8, 4) is 5.75 Å². The molecular weight excluding hydrogens is 254 g/mol. The van der Waals surface area contributed by atoms with E-state index in [4.69, 9.17) is 10.5 Å². The predicted octanol–water partition coefficient (Wildman–Crippen LogP) is 2.38. The van der Waals surface area contributed by atoms with Crippen molar-refractivity contribution >= 4 is 23.0 Å². The molecule has 1 amide bonds. The topological polar surface area (TPSA) is 76.4 Å². The van der Waals surface area contributed by atoms with Crippen LogP contribution in [-0.2, 0) is 0 Å². The van der Waals surface area contributed by atoms with Crippen LogP contribution in [0.2, 0.25) is 0 Å². The van der Waals surface area contributed by atoms with E-state index in [1.54, 1.807) is 32.4 Å². The average molecular weight is 271 g/mol. The van der Waals surface area contributed by atoms with Gasteiger partial charge in [-0.1, -0.05) is 0 Å². The Kier molecular flexibility index (Phi) is 4.10. The quantitative estimate of drug-likeness (QED) is 0.746. The first kappa shape index (κ1) is 13.7.